The van der Waals surface area contributed by atoms with E-state index in [1.54, 1.807) is 12.3 Å². The van der Waals surface area contributed by atoms with Crippen molar-refractivity contribution in [3.05, 3.63) is 77.7 Å². The van der Waals surface area contributed by atoms with Crippen LogP contribution < -0.4 is 4.74 Å². The fourth-order valence-corrected chi connectivity index (χ4v) is 3.79. The summed E-state index contributed by atoms with van der Waals surface area (Å²) >= 11 is 0. The summed E-state index contributed by atoms with van der Waals surface area (Å²) in [6, 6.07) is 16.1. The van der Waals surface area contributed by atoms with Crippen LogP contribution in [-0.2, 0) is 7.05 Å². The molecule has 2 aromatic carbocycles. The van der Waals surface area contributed by atoms with Gasteiger partial charge in [0.15, 0.2) is 5.76 Å². The number of ketones is 1. The maximum Gasteiger partial charge on any atom is 0.235 e. The molecule has 29 heavy (non-hydrogen) atoms. The van der Waals surface area contributed by atoms with Gasteiger partial charge in [-0.2, -0.15) is 0 Å². The number of fused-ring (bicyclic) bond motifs is 2. The predicted molar refractivity (Wildman–Crippen MR) is 109 cm³/mol. The van der Waals surface area contributed by atoms with Crippen LogP contribution in [0, 0.1) is 0 Å². The van der Waals surface area contributed by atoms with E-state index in [2.05, 4.69) is 4.98 Å². The van der Waals surface area contributed by atoms with Crippen molar-refractivity contribution >= 4 is 22.9 Å². The van der Waals surface area contributed by atoms with Gasteiger partial charge in [0.05, 0.1) is 5.69 Å². The maximum absolute atomic E-state index is 12.9. The molecule has 5 rings (SSSR count). The zero-order valence-electron chi connectivity index (χ0n) is 15.5. The van der Waals surface area contributed by atoms with Crippen LogP contribution in [0.5, 0.6) is 17.2 Å². The first-order valence-corrected chi connectivity index (χ1v) is 9.03. The van der Waals surface area contributed by atoms with Gasteiger partial charge in [-0.1, -0.05) is 30.3 Å². The van der Waals surface area contributed by atoms with Crippen LogP contribution in [-0.4, -0.2) is 25.5 Å². The Labute approximate surface area is 165 Å². The summed E-state index contributed by atoms with van der Waals surface area (Å²) in [5.74, 6) is -0.698. The van der Waals surface area contributed by atoms with Crippen LogP contribution >= 0.6 is 0 Å². The summed E-state index contributed by atoms with van der Waals surface area (Å²) in [4.78, 5) is 17.3. The third-order valence-corrected chi connectivity index (χ3v) is 5.04. The fourth-order valence-electron chi connectivity index (χ4n) is 3.79. The van der Waals surface area contributed by atoms with E-state index in [0.717, 1.165) is 33.9 Å². The van der Waals surface area contributed by atoms with Gasteiger partial charge in [-0.15, -0.1) is 0 Å². The highest BCUT2D eigenvalue weighted by atomic mass is 16.5. The minimum atomic E-state index is -0.433. The number of Topliss-reactive ketones (excluding diaryl/α,β-unsaturated/α-hetero) is 1. The van der Waals surface area contributed by atoms with E-state index in [1.165, 1.54) is 6.07 Å². The minimum absolute atomic E-state index is 0.0497. The Bertz CT molecular complexity index is 1320. The number of aryl methyl sites for hydroxylation is 1. The number of phenolic OH excluding ortho intramolecular Hbond substituents is 2. The lowest BCUT2D eigenvalue weighted by Crippen LogP contribution is -1.99. The van der Waals surface area contributed by atoms with E-state index in [9.17, 15) is 15.0 Å². The molecule has 0 aliphatic carbocycles. The second kappa shape index (κ2) is 6.24. The van der Waals surface area contributed by atoms with Crippen LogP contribution in [0.25, 0.3) is 28.4 Å². The summed E-state index contributed by atoms with van der Waals surface area (Å²) in [5, 5.41) is 20.6. The largest absolute Gasteiger partial charge is 0.508 e. The Morgan fingerprint density at radius 2 is 1.86 bits per heavy atom. The molecule has 0 atom stereocenters. The van der Waals surface area contributed by atoms with Crippen molar-refractivity contribution in [2.75, 3.05) is 0 Å². The summed E-state index contributed by atoms with van der Waals surface area (Å²) in [7, 11) is 1.93. The molecule has 6 nitrogen and oxygen atoms in total. The molecule has 0 spiro atoms. The lowest BCUT2D eigenvalue weighted by Gasteiger charge is -2.06. The Morgan fingerprint density at radius 3 is 2.66 bits per heavy atom. The molecule has 0 fully saturated rings. The van der Waals surface area contributed by atoms with Crippen molar-refractivity contribution in [2.24, 2.45) is 7.05 Å². The Kier molecular flexibility index (Phi) is 3.67. The molecule has 0 radical (unpaired) electrons. The smallest absolute Gasteiger partial charge is 0.235 e. The number of benzene rings is 2. The minimum Gasteiger partial charge on any atom is -0.508 e. The standard InChI is InChI=1S/C23H16N2O4/c1-25-21(13-6-3-2-4-7-13)16(15-8-5-9-24-23(15)25)12-19-22(28)20-17(27)10-14(26)11-18(20)29-19/h2-12,26-27H,1H3. The molecule has 1 aliphatic heterocycles. The number of pyridine rings is 1. The van der Waals surface area contributed by atoms with E-state index in [1.807, 2.05) is 54.1 Å². The van der Waals surface area contributed by atoms with Gasteiger partial charge in [0, 0.05) is 36.3 Å². The number of aromatic hydroxyl groups is 2. The first-order valence-electron chi connectivity index (χ1n) is 9.03. The van der Waals surface area contributed by atoms with Gasteiger partial charge in [0.1, 0.15) is 28.5 Å². The highest BCUT2D eigenvalue weighted by Crippen LogP contribution is 2.42. The average molecular weight is 384 g/mol. The van der Waals surface area contributed by atoms with Crippen LogP contribution in [0.2, 0.25) is 0 Å². The number of carbonyl (C=O) groups excluding carboxylic acids is 1. The SMILES string of the molecule is Cn1c(-c2ccccc2)c(C=C2Oc3cc(O)cc(O)c3C2=O)c2cccnc21. The highest BCUT2D eigenvalue weighted by molar-refractivity contribution is 6.17. The van der Waals surface area contributed by atoms with E-state index in [4.69, 9.17) is 4.74 Å². The van der Waals surface area contributed by atoms with Crippen LogP contribution in [0.1, 0.15) is 15.9 Å². The van der Waals surface area contributed by atoms with Crippen molar-refractivity contribution in [3.63, 3.8) is 0 Å². The summed E-state index contributed by atoms with van der Waals surface area (Å²) in [6.07, 6.45) is 3.40. The van der Waals surface area contributed by atoms with Gasteiger partial charge in [-0.05, 0) is 23.8 Å². The highest BCUT2D eigenvalue weighted by Gasteiger charge is 2.32. The monoisotopic (exact) mass is 384 g/mol. The van der Waals surface area contributed by atoms with Crippen molar-refractivity contribution in [1.82, 2.24) is 9.55 Å². The number of hydrogen-bond acceptors (Lipinski definition) is 5. The summed E-state index contributed by atoms with van der Waals surface area (Å²) in [5.41, 5.74) is 3.49. The third kappa shape index (κ3) is 2.57. The topological polar surface area (TPSA) is 84.6 Å². The van der Waals surface area contributed by atoms with Crippen LogP contribution in [0.3, 0.4) is 0 Å². The first kappa shape index (κ1) is 17.1. The van der Waals surface area contributed by atoms with Gasteiger partial charge >= 0.3 is 0 Å². The molecule has 4 aromatic rings. The number of nitrogens with zero attached hydrogens (tertiary/aromatic N) is 2. The lowest BCUT2D eigenvalue weighted by atomic mass is 10.0. The van der Waals surface area contributed by atoms with Crippen molar-refractivity contribution in [1.29, 1.82) is 0 Å². The number of rotatable bonds is 2. The summed E-state index contributed by atoms with van der Waals surface area (Å²) in [6.45, 7) is 0. The van der Waals surface area contributed by atoms with Gasteiger partial charge in [-0.25, -0.2) is 4.98 Å². The van der Waals surface area contributed by atoms with Crippen LogP contribution in [0.4, 0.5) is 0 Å². The zero-order chi connectivity index (χ0) is 20.1. The van der Waals surface area contributed by atoms with Gasteiger partial charge in [0.2, 0.25) is 5.78 Å². The summed E-state index contributed by atoms with van der Waals surface area (Å²) < 4.78 is 7.67. The molecule has 0 bridgehead atoms. The van der Waals surface area contributed by atoms with E-state index in [-0.39, 0.29) is 28.6 Å². The lowest BCUT2D eigenvalue weighted by molar-refractivity contribution is 0.101. The van der Waals surface area contributed by atoms with E-state index < -0.39 is 5.78 Å². The molecular weight excluding hydrogens is 368 g/mol. The molecule has 1 aliphatic rings. The number of aromatic nitrogens is 2. The fraction of sp³-hybridized carbons (Fsp3) is 0.0435. The molecule has 0 amide bonds. The first-order chi connectivity index (χ1) is 14.0. The number of phenols is 2. The zero-order valence-corrected chi connectivity index (χ0v) is 15.5. The van der Waals surface area contributed by atoms with E-state index >= 15 is 0 Å². The Hall–Kier alpha value is -4.06. The second-order valence-corrected chi connectivity index (χ2v) is 6.84. The Morgan fingerprint density at radius 1 is 1.07 bits per heavy atom. The average Bonchev–Trinajstić information content (AvgIpc) is 3.17. The molecule has 2 aromatic heterocycles. The number of allylic oxidation sites excluding steroid dienone is 1. The normalized spacial score (nSPS) is 14.4. The van der Waals surface area contributed by atoms with Crippen molar-refractivity contribution in [3.8, 4) is 28.5 Å². The third-order valence-electron chi connectivity index (χ3n) is 5.04. The molecule has 0 saturated carbocycles. The number of hydrogen-bond donors (Lipinski definition) is 2. The molecule has 142 valence electrons. The Balaban J connectivity index is 1.74. The molecule has 3 heterocycles. The van der Waals surface area contributed by atoms with Crippen molar-refractivity contribution in [2.45, 2.75) is 0 Å². The second-order valence-electron chi connectivity index (χ2n) is 6.84. The van der Waals surface area contributed by atoms with Crippen molar-refractivity contribution < 1.29 is 19.7 Å². The molecule has 0 unspecified atom stereocenters. The molecule has 6 heteroatoms. The van der Waals surface area contributed by atoms with Gasteiger partial charge in [-0.3, -0.25) is 4.79 Å². The van der Waals surface area contributed by atoms with E-state index in [0.29, 0.717) is 0 Å². The van der Waals surface area contributed by atoms with Crippen LogP contribution in [0.15, 0.2) is 66.6 Å². The number of ether oxygens (including phenoxy) is 1. The van der Waals surface area contributed by atoms with Gasteiger partial charge in [0.25, 0.3) is 0 Å². The molecule has 2 N–H and O–H groups in total. The maximum atomic E-state index is 12.9. The molecule has 0 saturated heterocycles. The predicted octanol–water partition coefficient (Wildman–Crippen LogP) is 4.27. The number of carbonyl (C=O) groups is 1. The van der Waals surface area contributed by atoms with Gasteiger partial charge < -0.3 is 19.5 Å². The molecular formula is C23H16N2O4. The quantitative estimate of drug-likeness (QED) is 0.504.